The number of ketones is 1. The summed E-state index contributed by atoms with van der Waals surface area (Å²) in [6, 6.07) is 0. The Labute approximate surface area is 73.0 Å². The van der Waals surface area contributed by atoms with E-state index in [0.29, 0.717) is 0 Å². The van der Waals surface area contributed by atoms with E-state index < -0.39 is 23.3 Å². The zero-order valence-corrected chi connectivity index (χ0v) is 6.48. The van der Waals surface area contributed by atoms with Crippen LogP contribution in [0.4, 0.5) is 0 Å². The number of aliphatic carboxylic acids is 2. The normalized spacial score (nSPS) is 16.2. The molecule has 5 nitrogen and oxygen atoms in total. The molecule has 0 atom stereocenters. The first-order valence-corrected chi connectivity index (χ1v) is 3.44. The molecule has 68 valence electrons. The third kappa shape index (κ3) is 1.81. The van der Waals surface area contributed by atoms with E-state index in [1.54, 1.807) is 0 Å². The van der Waals surface area contributed by atoms with Crippen LogP contribution in [0.3, 0.4) is 0 Å². The Morgan fingerprint density at radius 2 is 1.69 bits per heavy atom. The molecule has 0 radical (unpaired) electrons. The third-order valence-corrected chi connectivity index (χ3v) is 1.56. The summed E-state index contributed by atoms with van der Waals surface area (Å²) in [6.07, 6.45) is 1.89. The molecule has 0 bridgehead atoms. The van der Waals surface area contributed by atoms with Crippen molar-refractivity contribution in [2.24, 2.45) is 0 Å². The lowest BCUT2D eigenvalue weighted by atomic mass is 9.97. The quantitative estimate of drug-likeness (QED) is 0.626. The highest BCUT2D eigenvalue weighted by atomic mass is 16.4. The Bertz CT molecular complexity index is 348. The van der Waals surface area contributed by atoms with E-state index in [4.69, 9.17) is 10.2 Å². The SMILES string of the molecule is O=C1C=C(C(=O)O)C(C(=O)O)=CC1. The number of hydrogen-bond donors (Lipinski definition) is 2. The predicted octanol–water partition coefficient (Wildman–Crippen LogP) is -0.0188. The average Bonchev–Trinajstić information content (AvgIpc) is 2.03. The molecule has 0 saturated heterocycles. The summed E-state index contributed by atoms with van der Waals surface area (Å²) < 4.78 is 0. The summed E-state index contributed by atoms with van der Waals surface area (Å²) in [7, 11) is 0. The lowest BCUT2D eigenvalue weighted by Gasteiger charge is -2.07. The molecule has 0 aromatic carbocycles. The van der Waals surface area contributed by atoms with Gasteiger partial charge in [-0.1, -0.05) is 6.08 Å². The summed E-state index contributed by atoms with van der Waals surface area (Å²) >= 11 is 0. The molecule has 0 unspecified atom stereocenters. The van der Waals surface area contributed by atoms with Crippen molar-refractivity contribution in [3.05, 3.63) is 23.3 Å². The van der Waals surface area contributed by atoms with Crippen LogP contribution in [0, 0.1) is 0 Å². The van der Waals surface area contributed by atoms with Gasteiger partial charge in [0, 0.05) is 6.42 Å². The van der Waals surface area contributed by atoms with Gasteiger partial charge in [-0.05, 0) is 6.08 Å². The predicted molar refractivity (Wildman–Crippen MR) is 41.1 cm³/mol. The minimum atomic E-state index is -1.40. The molecule has 1 rings (SSSR count). The van der Waals surface area contributed by atoms with Gasteiger partial charge >= 0.3 is 11.9 Å². The second kappa shape index (κ2) is 3.22. The number of carbonyl (C=O) groups is 3. The fraction of sp³-hybridized carbons (Fsp3) is 0.125. The van der Waals surface area contributed by atoms with Gasteiger partial charge in [0.05, 0.1) is 11.1 Å². The largest absolute Gasteiger partial charge is 0.478 e. The molecule has 1 aliphatic carbocycles. The first-order valence-electron chi connectivity index (χ1n) is 3.44. The van der Waals surface area contributed by atoms with E-state index in [2.05, 4.69) is 0 Å². The van der Waals surface area contributed by atoms with Crippen molar-refractivity contribution in [1.82, 2.24) is 0 Å². The second-order valence-corrected chi connectivity index (χ2v) is 2.46. The van der Waals surface area contributed by atoms with Crippen LogP contribution in [0.25, 0.3) is 0 Å². The maximum Gasteiger partial charge on any atom is 0.336 e. The Morgan fingerprint density at radius 1 is 1.15 bits per heavy atom. The van der Waals surface area contributed by atoms with Gasteiger partial charge in [0.25, 0.3) is 0 Å². The molecule has 0 aliphatic heterocycles. The minimum Gasteiger partial charge on any atom is -0.478 e. The van der Waals surface area contributed by atoms with Crippen molar-refractivity contribution in [2.75, 3.05) is 0 Å². The molecule has 0 aromatic rings. The molecule has 0 aromatic heterocycles. The van der Waals surface area contributed by atoms with Crippen molar-refractivity contribution in [3.63, 3.8) is 0 Å². The Kier molecular flexibility index (Phi) is 2.27. The Morgan fingerprint density at radius 3 is 2.15 bits per heavy atom. The van der Waals surface area contributed by atoms with Crippen LogP contribution in [0.2, 0.25) is 0 Å². The summed E-state index contributed by atoms with van der Waals surface area (Å²) in [5.41, 5.74) is -0.782. The van der Waals surface area contributed by atoms with E-state index in [0.717, 1.165) is 12.2 Å². The molecular formula is C8H6O5. The van der Waals surface area contributed by atoms with Crippen LogP contribution in [0.15, 0.2) is 23.3 Å². The highest BCUT2D eigenvalue weighted by molar-refractivity contribution is 6.12. The van der Waals surface area contributed by atoms with Crippen LogP contribution < -0.4 is 0 Å². The molecule has 0 heterocycles. The van der Waals surface area contributed by atoms with Gasteiger partial charge in [-0.25, -0.2) is 9.59 Å². The number of carboxylic acid groups (broad SMARTS) is 2. The minimum absolute atomic E-state index is 0.0571. The van der Waals surface area contributed by atoms with Crippen LogP contribution in [-0.4, -0.2) is 27.9 Å². The maximum atomic E-state index is 10.8. The zero-order chi connectivity index (χ0) is 10.0. The van der Waals surface area contributed by atoms with E-state index in [9.17, 15) is 14.4 Å². The number of rotatable bonds is 2. The van der Waals surface area contributed by atoms with Gasteiger partial charge in [-0.3, -0.25) is 4.79 Å². The topological polar surface area (TPSA) is 91.7 Å². The number of carbonyl (C=O) groups excluding carboxylic acids is 1. The van der Waals surface area contributed by atoms with Gasteiger partial charge in [0.1, 0.15) is 0 Å². The van der Waals surface area contributed by atoms with Crippen LogP contribution in [0.1, 0.15) is 6.42 Å². The smallest absolute Gasteiger partial charge is 0.336 e. The average molecular weight is 182 g/mol. The van der Waals surface area contributed by atoms with E-state index >= 15 is 0 Å². The fourth-order valence-corrected chi connectivity index (χ4v) is 0.990. The summed E-state index contributed by atoms with van der Waals surface area (Å²) in [6.45, 7) is 0. The molecular weight excluding hydrogens is 176 g/mol. The van der Waals surface area contributed by atoms with E-state index in [-0.39, 0.29) is 12.0 Å². The molecule has 0 fully saturated rings. The molecule has 0 saturated carbocycles. The summed E-state index contributed by atoms with van der Waals surface area (Å²) in [4.78, 5) is 31.8. The summed E-state index contributed by atoms with van der Waals surface area (Å²) in [5.74, 6) is -3.13. The molecule has 13 heavy (non-hydrogen) atoms. The van der Waals surface area contributed by atoms with Crippen molar-refractivity contribution >= 4 is 17.7 Å². The highest BCUT2D eigenvalue weighted by Crippen LogP contribution is 2.17. The van der Waals surface area contributed by atoms with Gasteiger partial charge in [-0.15, -0.1) is 0 Å². The Hall–Kier alpha value is -1.91. The number of hydrogen-bond acceptors (Lipinski definition) is 3. The molecule has 5 heteroatoms. The molecule has 2 N–H and O–H groups in total. The van der Waals surface area contributed by atoms with Crippen molar-refractivity contribution in [3.8, 4) is 0 Å². The first-order chi connectivity index (χ1) is 6.02. The second-order valence-electron chi connectivity index (χ2n) is 2.46. The highest BCUT2D eigenvalue weighted by Gasteiger charge is 2.23. The van der Waals surface area contributed by atoms with Crippen LogP contribution in [-0.2, 0) is 14.4 Å². The standard InChI is InChI=1S/C8H6O5/c9-4-1-2-5(7(10)11)6(3-4)8(12)13/h2-3H,1H2,(H,10,11)(H,12,13). The number of carboxylic acids is 2. The lowest BCUT2D eigenvalue weighted by Crippen LogP contribution is -2.16. The lowest BCUT2D eigenvalue weighted by molar-refractivity contribution is -0.136. The fourth-order valence-electron chi connectivity index (χ4n) is 0.990. The monoisotopic (exact) mass is 182 g/mol. The number of allylic oxidation sites excluding steroid dienone is 2. The van der Waals surface area contributed by atoms with Gasteiger partial charge in [0.2, 0.25) is 0 Å². The Balaban J connectivity index is 3.11. The van der Waals surface area contributed by atoms with E-state index in [1.165, 1.54) is 0 Å². The first kappa shape index (κ1) is 9.18. The van der Waals surface area contributed by atoms with Gasteiger partial charge < -0.3 is 10.2 Å². The van der Waals surface area contributed by atoms with Crippen LogP contribution >= 0.6 is 0 Å². The zero-order valence-electron chi connectivity index (χ0n) is 6.48. The third-order valence-electron chi connectivity index (χ3n) is 1.56. The molecule has 1 aliphatic rings. The van der Waals surface area contributed by atoms with Crippen molar-refractivity contribution in [1.29, 1.82) is 0 Å². The summed E-state index contributed by atoms with van der Waals surface area (Å²) in [5, 5.41) is 17.1. The molecule has 0 spiro atoms. The van der Waals surface area contributed by atoms with Gasteiger partial charge in [-0.2, -0.15) is 0 Å². The van der Waals surface area contributed by atoms with Gasteiger partial charge in [0.15, 0.2) is 5.78 Å². The van der Waals surface area contributed by atoms with Crippen molar-refractivity contribution in [2.45, 2.75) is 6.42 Å². The van der Waals surface area contributed by atoms with Crippen molar-refractivity contribution < 1.29 is 24.6 Å². The molecule has 0 amide bonds. The maximum absolute atomic E-state index is 10.8. The van der Waals surface area contributed by atoms with E-state index in [1.807, 2.05) is 0 Å². The van der Waals surface area contributed by atoms with Crippen LogP contribution in [0.5, 0.6) is 0 Å².